The van der Waals surface area contributed by atoms with Crippen molar-refractivity contribution in [2.75, 3.05) is 12.1 Å². The molecule has 3 rings (SSSR count). The van der Waals surface area contributed by atoms with Gasteiger partial charge in [0.15, 0.2) is 11.5 Å². The Morgan fingerprint density at radius 3 is 2.65 bits per heavy atom. The fraction of sp³-hybridized carbons (Fsp3) is 0.235. The van der Waals surface area contributed by atoms with Gasteiger partial charge < -0.3 is 14.8 Å². The molecule has 0 saturated carbocycles. The second kappa shape index (κ2) is 7.28. The number of carbonyl (C=O) groups is 1. The summed E-state index contributed by atoms with van der Waals surface area (Å²) in [5.41, 5.74) is -0.411. The Hall–Kier alpha value is -2.06. The molecule has 0 aromatic heterocycles. The van der Waals surface area contributed by atoms with Gasteiger partial charge in [0.2, 0.25) is 12.7 Å². The molecule has 2 aromatic rings. The summed E-state index contributed by atoms with van der Waals surface area (Å²) in [6.07, 6.45) is -4.55. The molecule has 2 aromatic carbocycles. The fourth-order valence-corrected chi connectivity index (χ4v) is 3.40. The molecule has 0 bridgehead atoms. The zero-order valence-electron chi connectivity index (χ0n) is 13.4. The summed E-state index contributed by atoms with van der Waals surface area (Å²) in [6, 6.07) is 8.53. The molecule has 1 heterocycles. The van der Waals surface area contributed by atoms with Gasteiger partial charge in [0, 0.05) is 16.6 Å². The highest BCUT2D eigenvalue weighted by atomic mass is 35.5. The van der Waals surface area contributed by atoms with E-state index >= 15 is 0 Å². The van der Waals surface area contributed by atoms with Gasteiger partial charge in [0.1, 0.15) is 0 Å². The van der Waals surface area contributed by atoms with Crippen LogP contribution in [0.2, 0.25) is 5.02 Å². The van der Waals surface area contributed by atoms with Crippen LogP contribution >= 0.6 is 23.4 Å². The van der Waals surface area contributed by atoms with Crippen molar-refractivity contribution in [2.24, 2.45) is 0 Å². The van der Waals surface area contributed by atoms with Crippen molar-refractivity contribution in [3.63, 3.8) is 0 Å². The number of alkyl halides is 3. The number of thioether (sulfide) groups is 1. The molecule has 0 fully saturated rings. The number of amides is 1. The molecule has 26 heavy (non-hydrogen) atoms. The fourth-order valence-electron chi connectivity index (χ4n) is 2.27. The summed E-state index contributed by atoms with van der Waals surface area (Å²) in [4.78, 5) is 12.6. The zero-order chi connectivity index (χ0) is 18.9. The summed E-state index contributed by atoms with van der Waals surface area (Å²) in [7, 11) is 0. The lowest BCUT2D eigenvalue weighted by atomic mass is 10.2. The number of nitrogens with one attached hydrogen (secondary N) is 1. The summed E-state index contributed by atoms with van der Waals surface area (Å²) >= 11 is 6.61. The van der Waals surface area contributed by atoms with Crippen molar-refractivity contribution in [1.82, 2.24) is 0 Å². The monoisotopic (exact) mass is 403 g/mol. The molecule has 0 spiro atoms. The average molecular weight is 404 g/mol. The first-order valence-electron chi connectivity index (χ1n) is 7.48. The number of halogens is 4. The van der Waals surface area contributed by atoms with Gasteiger partial charge in [0.25, 0.3) is 0 Å². The summed E-state index contributed by atoms with van der Waals surface area (Å²) in [6.45, 7) is 1.73. The van der Waals surface area contributed by atoms with Gasteiger partial charge in [0.05, 0.1) is 15.8 Å². The highest BCUT2D eigenvalue weighted by Crippen LogP contribution is 2.38. The number of ether oxygens (including phenoxy) is 2. The van der Waals surface area contributed by atoms with Gasteiger partial charge in [-0.15, -0.1) is 11.8 Å². The molecular formula is C17H13ClF3NO3S. The van der Waals surface area contributed by atoms with Crippen molar-refractivity contribution in [3.05, 3.63) is 47.0 Å². The first kappa shape index (κ1) is 18.7. The minimum absolute atomic E-state index is 0.122. The summed E-state index contributed by atoms with van der Waals surface area (Å²) in [5.74, 6) is 0.763. The minimum atomic E-state index is -4.55. The van der Waals surface area contributed by atoms with Crippen LogP contribution in [0, 0.1) is 0 Å². The average Bonchev–Trinajstić information content (AvgIpc) is 3.03. The quantitative estimate of drug-likeness (QED) is 0.712. The predicted octanol–water partition coefficient (Wildman–Crippen LogP) is 5.21. The Kier molecular flexibility index (Phi) is 5.24. The normalized spacial score (nSPS) is 14.2. The van der Waals surface area contributed by atoms with Gasteiger partial charge >= 0.3 is 6.18 Å². The van der Waals surface area contributed by atoms with Crippen LogP contribution in [0.1, 0.15) is 12.5 Å². The van der Waals surface area contributed by atoms with Crippen molar-refractivity contribution in [1.29, 1.82) is 0 Å². The molecule has 1 amide bonds. The maximum Gasteiger partial charge on any atom is 0.417 e. The molecule has 0 unspecified atom stereocenters. The molecule has 0 radical (unpaired) electrons. The van der Waals surface area contributed by atoms with Crippen LogP contribution < -0.4 is 14.8 Å². The second-order valence-electron chi connectivity index (χ2n) is 5.46. The number of hydrogen-bond donors (Lipinski definition) is 1. The second-order valence-corrected chi connectivity index (χ2v) is 7.28. The van der Waals surface area contributed by atoms with E-state index in [1.165, 1.54) is 12.1 Å². The van der Waals surface area contributed by atoms with E-state index in [9.17, 15) is 18.0 Å². The number of carbonyl (C=O) groups excluding carboxylic acids is 1. The lowest BCUT2D eigenvalue weighted by Crippen LogP contribution is -2.22. The molecule has 1 N–H and O–H groups in total. The molecule has 1 aliphatic heterocycles. The predicted molar refractivity (Wildman–Crippen MR) is 93.0 cm³/mol. The molecule has 9 heteroatoms. The van der Waals surface area contributed by atoms with Crippen LogP contribution in [-0.2, 0) is 11.0 Å². The van der Waals surface area contributed by atoms with E-state index in [1.807, 2.05) is 0 Å². The molecule has 138 valence electrons. The Balaban J connectivity index is 1.68. The lowest BCUT2D eigenvalue weighted by molar-refractivity contribution is -0.137. The van der Waals surface area contributed by atoms with E-state index in [-0.39, 0.29) is 17.7 Å². The van der Waals surface area contributed by atoms with Crippen LogP contribution in [0.5, 0.6) is 11.5 Å². The van der Waals surface area contributed by atoms with E-state index in [0.717, 1.165) is 17.8 Å². The maximum absolute atomic E-state index is 12.9. The van der Waals surface area contributed by atoms with Crippen molar-refractivity contribution >= 4 is 35.0 Å². The van der Waals surface area contributed by atoms with E-state index in [1.54, 1.807) is 25.1 Å². The molecule has 0 aliphatic carbocycles. The third-order valence-electron chi connectivity index (χ3n) is 3.57. The number of fused-ring (bicyclic) bond motifs is 1. The molecule has 1 atom stereocenters. The Bertz CT molecular complexity index is 844. The van der Waals surface area contributed by atoms with Crippen molar-refractivity contribution in [2.45, 2.75) is 23.2 Å². The molecule has 4 nitrogen and oxygen atoms in total. The first-order valence-corrected chi connectivity index (χ1v) is 8.74. The van der Waals surface area contributed by atoms with Crippen LogP contribution in [0.25, 0.3) is 0 Å². The number of rotatable bonds is 4. The number of hydrogen-bond acceptors (Lipinski definition) is 4. The van der Waals surface area contributed by atoms with Gasteiger partial charge in [-0.2, -0.15) is 13.2 Å². The van der Waals surface area contributed by atoms with E-state index in [4.69, 9.17) is 21.1 Å². The van der Waals surface area contributed by atoms with Crippen LogP contribution in [0.15, 0.2) is 41.3 Å². The lowest BCUT2D eigenvalue weighted by Gasteiger charge is -2.14. The molecule has 1 aliphatic rings. The Labute approximate surface area is 156 Å². The third-order valence-corrected chi connectivity index (χ3v) is 4.99. The zero-order valence-corrected chi connectivity index (χ0v) is 15.0. The van der Waals surface area contributed by atoms with Gasteiger partial charge in [-0.3, -0.25) is 4.79 Å². The number of anilines is 1. The maximum atomic E-state index is 12.9. The standard InChI is InChI=1S/C17H13ClF3NO3S/c1-9(26-11-3-4-13(18)12(7-11)17(19,20)21)16(23)22-10-2-5-14-15(6-10)25-8-24-14/h2-7,9H,8H2,1H3,(H,22,23)/t9-/m0/s1. The smallest absolute Gasteiger partial charge is 0.417 e. The van der Waals surface area contributed by atoms with Gasteiger partial charge in [-0.05, 0) is 37.3 Å². The van der Waals surface area contributed by atoms with Gasteiger partial charge in [-0.25, -0.2) is 0 Å². The summed E-state index contributed by atoms with van der Waals surface area (Å²) in [5, 5.41) is 1.71. The van der Waals surface area contributed by atoms with Crippen LogP contribution in [0.4, 0.5) is 18.9 Å². The van der Waals surface area contributed by atoms with E-state index < -0.39 is 17.0 Å². The van der Waals surface area contributed by atoms with Gasteiger partial charge in [-0.1, -0.05) is 11.6 Å². The van der Waals surface area contributed by atoms with E-state index in [2.05, 4.69) is 5.32 Å². The topological polar surface area (TPSA) is 47.6 Å². The first-order chi connectivity index (χ1) is 12.2. The van der Waals surface area contributed by atoms with Crippen molar-refractivity contribution in [3.8, 4) is 11.5 Å². The van der Waals surface area contributed by atoms with Crippen LogP contribution in [0.3, 0.4) is 0 Å². The third kappa shape index (κ3) is 4.19. The Morgan fingerprint density at radius 2 is 1.92 bits per heavy atom. The van der Waals surface area contributed by atoms with Crippen LogP contribution in [-0.4, -0.2) is 18.0 Å². The largest absolute Gasteiger partial charge is 0.454 e. The van der Waals surface area contributed by atoms with E-state index in [0.29, 0.717) is 22.1 Å². The van der Waals surface area contributed by atoms with Crippen molar-refractivity contribution < 1.29 is 27.4 Å². The molecule has 0 saturated heterocycles. The Morgan fingerprint density at radius 1 is 1.19 bits per heavy atom. The minimum Gasteiger partial charge on any atom is -0.454 e. The SMILES string of the molecule is C[C@H](Sc1ccc(Cl)c(C(F)(F)F)c1)C(=O)Nc1ccc2c(c1)OCO2. The molecular weight excluding hydrogens is 391 g/mol. The highest BCUT2D eigenvalue weighted by Gasteiger charge is 2.33. The summed E-state index contributed by atoms with van der Waals surface area (Å²) < 4.78 is 49.2. The number of benzene rings is 2. The highest BCUT2D eigenvalue weighted by molar-refractivity contribution is 8.00.